The van der Waals surface area contributed by atoms with Gasteiger partial charge in [0.05, 0.1) is 10.9 Å². The molecule has 0 fully saturated rings. The predicted octanol–water partition coefficient (Wildman–Crippen LogP) is 2.26. The van der Waals surface area contributed by atoms with E-state index in [1.807, 2.05) is 0 Å². The maximum Gasteiger partial charge on any atom is 0.0794 e. The van der Waals surface area contributed by atoms with Gasteiger partial charge >= 0.3 is 0 Å². The molecule has 1 nitrogen and oxygen atoms in total. The number of aromatic nitrogens is 1. The Morgan fingerprint density at radius 2 is 2.62 bits per heavy atom. The van der Waals surface area contributed by atoms with Gasteiger partial charge in [-0.15, -0.1) is 22.9 Å². The number of thiazole rings is 1. The number of nitrogens with zero attached hydrogens (tertiary/aromatic N) is 1. The van der Waals surface area contributed by atoms with Gasteiger partial charge in [-0.3, -0.25) is 4.98 Å². The normalized spacial score (nSPS) is 13.8. The van der Waals surface area contributed by atoms with Crippen molar-refractivity contribution in [2.45, 2.75) is 5.38 Å². The molecule has 1 aromatic rings. The summed E-state index contributed by atoms with van der Waals surface area (Å²) in [5.74, 6) is 0. The van der Waals surface area contributed by atoms with Crippen LogP contribution < -0.4 is 0 Å². The first-order valence-corrected chi connectivity index (χ1v) is 3.48. The summed E-state index contributed by atoms with van der Waals surface area (Å²) in [5.41, 5.74) is 1.75. The number of rotatable bonds is 1. The second-order valence-corrected chi connectivity index (χ2v) is 2.82. The molecule has 3 heteroatoms. The zero-order valence-electron chi connectivity index (χ0n) is 4.17. The zero-order chi connectivity index (χ0) is 5.98. The van der Waals surface area contributed by atoms with Gasteiger partial charge in [0, 0.05) is 11.1 Å². The molecule has 0 aliphatic carbocycles. The topological polar surface area (TPSA) is 12.9 Å². The lowest BCUT2D eigenvalue weighted by Crippen LogP contribution is -1.73. The summed E-state index contributed by atoms with van der Waals surface area (Å²) < 4.78 is 0. The van der Waals surface area contributed by atoms with E-state index in [2.05, 4.69) is 11.9 Å². The van der Waals surface area contributed by atoms with Crippen LogP contribution in [0.25, 0.3) is 0 Å². The van der Waals surface area contributed by atoms with E-state index in [4.69, 9.17) is 11.6 Å². The van der Waals surface area contributed by atoms with Crippen LogP contribution in [-0.2, 0) is 0 Å². The molecule has 0 saturated heterocycles. The summed E-state index contributed by atoms with van der Waals surface area (Å²) >= 11 is 7.13. The first-order valence-electron chi connectivity index (χ1n) is 2.16. The Bertz CT molecular complexity index is 147. The predicted molar refractivity (Wildman–Crippen MR) is 36.1 cm³/mol. The van der Waals surface area contributed by atoms with Crippen molar-refractivity contribution >= 4 is 22.9 Å². The third-order valence-electron chi connectivity index (χ3n) is 0.760. The van der Waals surface area contributed by atoms with Crippen molar-refractivity contribution in [3.8, 4) is 0 Å². The molecule has 0 spiro atoms. The molecule has 0 aliphatic heterocycles. The molecule has 1 heterocycles. The van der Waals surface area contributed by atoms with Crippen LogP contribution in [0.1, 0.15) is 10.3 Å². The SMILES string of the molecule is [CH2]C(Cl)c1cncs1. The molecule has 0 N–H and O–H groups in total. The first-order chi connectivity index (χ1) is 3.80. The van der Waals surface area contributed by atoms with E-state index in [0.29, 0.717) is 0 Å². The molecule has 1 atom stereocenters. The Morgan fingerprint density at radius 3 is 2.88 bits per heavy atom. The van der Waals surface area contributed by atoms with Crippen molar-refractivity contribution in [3.05, 3.63) is 23.5 Å². The van der Waals surface area contributed by atoms with Crippen molar-refractivity contribution in [3.63, 3.8) is 0 Å². The van der Waals surface area contributed by atoms with E-state index in [-0.39, 0.29) is 5.38 Å². The Kier molecular flexibility index (Phi) is 1.86. The molecule has 0 saturated carbocycles. The van der Waals surface area contributed by atoms with Crippen LogP contribution in [0.5, 0.6) is 0 Å². The van der Waals surface area contributed by atoms with Gasteiger partial charge in [0.1, 0.15) is 0 Å². The summed E-state index contributed by atoms with van der Waals surface area (Å²) in [7, 11) is 0. The Labute approximate surface area is 57.3 Å². The Hall–Kier alpha value is -0.0800. The molecule has 1 unspecified atom stereocenters. The Balaban J connectivity index is 2.77. The number of halogens is 1. The smallest absolute Gasteiger partial charge is 0.0794 e. The fourth-order valence-corrected chi connectivity index (χ4v) is 1.10. The molecular weight excluding hydrogens is 142 g/mol. The lowest BCUT2D eigenvalue weighted by molar-refractivity contribution is 1.24. The summed E-state index contributed by atoms with van der Waals surface area (Å²) in [4.78, 5) is 4.86. The molecule has 0 aliphatic rings. The first kappa shape index (κ1) is 6.05. The van der Waals surface area contributed by atoms with Gasteiger partial charge in [-0.1, -0.05) is 0 Å². The average molecular weight is 147 g/mol. The third kappa shape index (κ3) is 1.20. The van der Waals surface area contributed by atoms with Gasteiger partial charge < -0.3 is 0 Å². The van der Waals surface area contributed by atoms with Crippen LogP contribution in [-0.4, -0.2) is 4.98 Å². The maximum atomic E-state index is 5.60. The fraction of sp³-hybridized carbons (Fsp3) is 0.200. The van der Waals surface area contributed by atoms with Crippen LogP contribution in [0.3, 0.4) is 0 Å². The third-order valence-corrected chi connectivity index (χ3v) is 2.01. The summed E-state index contributed by atoms with van der Waals surface area (Å²) in [6.07, 6.45) is 1.73. The van der Waals surface area contributed by atoms with Crippen LogP contribution in [0.2, 0.25) is 0 Å². The molecule has 1 radical (unpaired) electrons. The van der Waals surface area contributed by atoms with E-state index >= 15 is 0 Å². The van der Waals surface area contributed by atoms with Gasteiger partial charge in [0.25, 0.3) is 0 Å². The molecular formula is C5H5ClNS. The lowest BCUT2D eigenvalue weighted by atomic mass is 10.4. The van der Waals surface area contributed by atoms with E-state index in [9.17, 15) is 0 Å². The van der Waals surface area contributed by atoms with Crippen LogP contribution in [0, 0.1) is 6.92 Å². The van der Waals surface area contributed by atoms with Gasteiger partial charge in [-0.25, -0.2) is 0 Å². The second-order valence-electron chi connectivity index (χ2n) is 1.37. The van der Waals surface area contributed by atoms with Gasteiger partial charge in [-0.05, 0) is 6.92 Å². The highest BCUT2D eigenvalue weighted by atomic mass is 35.5. The van der Waals surface area contributed by atoms with Gasteiger partial charge in [0.2, 0.25) is 0 Å². The van der Waals surface area contributed by atoms with E-state index in [0.717, 1.165) is 4.88 Å². The minimum absolute atomic E-state index is 0.137. The maximum absolute atomic E-state index is 5.60. The lowest BCUT2D eigenvalue weighted by Gasteiger charge is -1.91. The van der Waals surface area contributed by atoms with Gasteiger partial charge in [-0.2, -0.15) is 0 Å². The zero-order valence-corrected chi connectivity index (χ0v) is 5.75. The van der Waals surface area contributed by atoms with Crippen molar-refractivity contribution in [2.24, 2.45) is 0 Å². The van der Waals surface area contributed by atoms with E-state index in [1.54, 1.807) is 11.7 Å². The highest BCUT2D eigenvalue weighted by Gasteiger charge is 1.99. The molecule has 0 bridgehead atoms. The summed E-state index contributed by atoms with van der Waals surface area (Å²) in [5, 5.41) is -0.137. The van der Waals surface area contributed by atoms with Crippen molar-refractivity contribution < 1.29 is 0 Å². The molecule has 0 aromatic carbocycles. The van der Waals surface area contributed by atoms with Crippen LogP contribution >= 0.6 is 22.9 Å². The molecule has 8 heavy (non-hydrogen) atoms. The Morgan fingerprint density at radius 1 is 1.88 bits per heavy atom. The van der Waals surface area contributed by atoms with Crippen molar-refractivity contribution in [1.82, 2.24) is 4.98 Å². The van der Waals surface area contributed by atoms with Crippen LogP contribution in [0.4, 0.5) is 0 Å². The number of hydrogen-bond donors (Lipinski definition) is 0. The minimum atomic E-state index is -0.137. The highest BCUT2D eigenvalue weighted by Crippen LogP contribution is 2.21. The van der Waals surface area contributed by atoms with Gasteiger partial charge in [0.15, 0.2) is 0 Å². The standard InChI is InChI=1S/C5H5ClNS/c1-4(6)5-2-7-3-8-5/h2-4H,1H2. The summed E-state index contributed by atoms with van der Waals surface area (Å²) in [6, 6.07) is 0. The van der Waals surface area contributed by atoms with Crippen LogP contribution in [0.15, 0.2) is 11.7 Å². The van der Waals surface area contributed by atoms with Crippen molar-refractivity contribution in [2.75, 3.05) is 0 Å². The quantitative estimate of drug-likeness (QED) is 0.554. The second kappa shape index (κ2) is 2.46. The average Bonchev–Trinajstić information content (AvgIpc) is 2.12. The molecule has 1 rings (SSSR count). The van der Waals surface area contributed by atoms with E-state index in [1.165, 1.54) is 11.3 Å². The monoisotopic (exact) mass is 146 g/mol. The largest absolute Gasteiger partial charge is 0.253 e. The van der Waals surface area contributed by atoms with E-state index < -0.39 is 0 Å². The molecule has 1 aromatic heterocycles. The minimum Gasteiger partial charge on any atom is -0.253 e. The molecule has 0 amide bonds. The fourth-order valence-electron chi connectivity index (χ4n) is 0.380. The number of alkyl halides is 1. The molecule has 43 valence electrons. The summed E-state index contributed by atoms with van der Waals surface area (Å²) in [6.45, 7) is 3.62. The van der Waals surface area contributed by atoms with Crippen molar-refractivity contribution in [1.29, 1.82) is 0 Å². The number of hydrogen-bond acceptors (Lipinski definition) is 2. The highest BCUT2D eigenvalue weighted by molar-refractivity contribution is 7.09.